The van der Waals surface area contributed by atoms with E-state index in [-0.39, 0.29) is 42.3 Å². The number of carbonyl (C=O) groups is 2. The molecule has 2 atom stereocenters. The second-order valence-electron chi connectivity index (χ2n) is 6.75. The van der Waals surface area contributed by atoms with Crippen LogP contribution in [0.2, 0.25) is 0 Å². The molecule has 1 aromatic carbocycles. The van der Waals surface area contributed by atoms with Gasteiger partial charge in [-0.25, -0.2) is 0 Å². The molecule has 6 nitrogen and oxygen atoms in total. The third-order valence-corrected chi connectivity index (χ3v) is 5.11. The van der Waals surface area contributed by atoms with E-state index >= 15 is 0 Å². The van der Waals surface area contributed by atoms with Crippen molar-refractivity contribution in [1.29, 1.82) is 0 Å². The van der Waals surface area contributed by atoms with Crippen molar-refractivity contribution in [3.05, 3.63) is 35.9 Å². The van der Waals surface area contributed by atoms with Gasteiger partial charge < -0.3 is 20.6 Å². The molecule has 0 spiro atoms. The number of likely N-dealkylation sites (tertiary alicyclic amines) is 1. The van der Waals surface area contributed by atoms with E-state index in [1.165, 1.54) is 25.7 Å². The number of rotatable bonds is 5. The van der Waals surface area contributed by atoms with Gasteiger partial charge in [0.1, 0.15) is 6.61 Å². The molecule has 1 aliphatic carbocycles. The Balaban J connectivity index is 0.00000156. The second kappa shape index (κ2) is 10.2. The van der Waals surface area contributed by atoms with Crippen molar-refractivity contribution in [3.63, 3.8) is 0 Å². The van der Waals surface area contributed by atoms with E-state index in [0.717, 1.165) is 18.7 Å². The smallest absolute Gasteiger partial charge is 0.306 e. The van der Waals surface area contributed by atoms with Gasteiger partial charge in [0.15, 0.2) is 0 Å². The van der Waals surface area contributed by atoms with E-state index < -0.39 is 0 Å². The lowest BCUT2D eigenvalue weighted by atomic mass is 9.82. The highest BCUT2D eigenvalue weighted by molar-refractivity contribution is 5.81. The van der Waals surface area contributed by atoms with Crippen LogP contribution in [0.15, 0.2) is 30.3 Å². The van der Waals surface area contributed by atoms with Crippen LogP contribution in [-0.2, 0) is 20.9 Å². The van der Waals surface area contributed by atoms with Gasteiger partial charge in [0.05, 0.1) is 6.42 Å². The summed E-state index contributed by atoms with van der Waals surface area (Å²) in [4.78, 5) is 26.0. The van der Waals surface area contributed by atoms with Crippen molar-refractivity contribution in [2.24, 2.45) is 11.8 Å². The average Bonchev–Trinajstić information content (AvgIpc) is 3.03. The van der Waals surface area contributed by atoms with Gasteiger partial charge in [-0.05, 0) is 30.2 Å². The fourth-order valence-electron chi connectivity index (χ4n) is 3.79. The summed E-state index contributed by atoms with van der Waals surface area (Å²) >= 11 is 0. The van der Waals surface area contributed by atoms with E-state index in [4.69, 9.17) is 4.74 Å². The number of fused-ring (bicyclic) bond motifs is 1. The molecule has 140 valence electrons. The Labute approximate surface area is 148 Å². The molecule has 2 fully saturated rings. The van der Waals surface area contributed by atoms with Gasteiger partial charge in [-0.3, -0.25) is 9.59 Å². The van der Waals surface area contributed by atoms with Crippen LogP contribution in [0.5, 0.6) is 0 Å². The number of nitrogens with zero attached hydrogens (tertiary/aromatic N) is 1. The number of amides is 1. The largest absolute Gasteiger partial charge is 0.461 e. The summed E-state index contributed by atoms with van der Waals surface area (Å²) in [6, 6.07) is 9.60. The van der Waals surface area contributed by atoms with E-state index in [0.29, 0.717) is 11.8 Å². The maximum atomic E-state index is 12.3. The van der Waals surface area contributed by atoms with Crippen LogP contribution in [0.4, 0.5) is 0 Å². The minimum atomic E-state index is -0.293. The van der Waals surface area contributed by atoms with Crippen LogP contribution in [0.1, 0.15) is 44.1 Å². The van der Waals surface area contributed by atoms with Gasteiger partial charge in [0, 0.05) is 19.5 Å². The third kappa shape index (κ3) is 5.83. The van der Waals surface area contributed by atoms with Crippen LogP contribution in [0.3, 0.4) is 0 Å². The molecule has 6 heteroatoms. The molecule has 1 heterocycles. The molecule has 1 saturated carbocycles. The minimum Gasteiger partial charge on any atom is -0.461 e. The average molecular weight is 351 g/mol. The quantitative estimate of drug-likeness (QED) is 0.750. The Hall–Kier alpha value is -1.92. The van der Waals surface area contributed by atoms with E-state index in [1.807, 2.05) is 35.2 Å². The fraction of sp³-hybridized carbons (Fsp3) is 0.579. The molecular formula is C19H29NO5. The molecule has 0 unspecified atom stereocenters. The van der Waals surface area contributed by atoms with Crippen molar-refractivity contribution >= 4 is 11.9 Å². The van der Waals surface area contributed by atoms with Gasteiger partial charge in [-0.2, -0.15) is 0 Å². The first-order valence-electron chi connectivity index (χ1n) is 8.69. The topological polar surface area (TPSA) is 110 Å². The van der Waals surface area contributed by atoms with Gasteiger partial charge in [0.25, 0.3) is 0 Å². The van der Waals surface area contributed by atoms with Crippen molar-refractivity contribution in [3.8, 4) is 0 Å². The molecule has 1 saturated heterocycles. The first-order valence-corrected chi connectivity index (χ1v) is 8.69. The predicted molar refractivity (Wildman–Crippen MR) is 94.7 cm³/mol. The fourth-order valence-corrected chi connectivity index (χ4v) is 3.79. The highest BCUT2D eigenvalue weighted by Gasteiger charge is 2.36. The Morgan fingerprint density at radius 1 is 0.960 bits per heavy atom. The number of esters is 1. The molecule has 0 aromatic heterocycles. The zero-order valence-corrected chi connectivity index (χ0v) is 14.6. The highest BCUT2D eigenvalue weighted by atomic mass is 16.5. The normalized spacial score (nSPS) is 21.5. The Bertz CT molecular complexity index is 534. The third-order valence-electron chi connectivity index (χ3n) is 5.11. The molecule has 25 heavy (non-hydrogen) atoms. The second-order valence-corrected chi connectivity index (χ2v) is 6.75. The molecule has 0 bridgehead atoms. The van der Waals surface area contributed by atoms with Gasteiger partial charge in [-0.1, -0.05) is 43.2 Å². The lowest BCUT2D eigenvalue weighted by Gasteiger charge is -2.22. The molecule has 1 amide bonds. The standard InChI is InChI=1S/C19H25NO3.2H2O/c21-18(20-12-16-8-4-5-9-17(16)13-20)10-11-19(22)23-14-15-6-2-1-3-7-15;;/h1-3,6-7,16-17H,4-5,8-14H2;2*1H2/t16-,17+;;. The van der Waals surface area contributed by atoms with Gasteiger partial charge in [0.2, 0.25) is 5.91 Å². The summed E-state index contributed by atoms with van der Waals surface area (Å²) in [5.41, 5.74) is 0.968. The highest BCUT2D eigenvalue weighted by Crippen LogP contribution is 2.36. The van der Waals surface area contributed by atoms with E-state index in [9.17, 15) is 9.59 Å². The van der Waals surface area contributed by atoms with Crippen LogP contribution in [0.25, 0.3) is 0 Å². The molecule has 3 rings (SSSR count). The lowest BCUT2D eigenvalue weighted by Crippen LogP contribution is -2.29. The summed E-state index contributed by atoms with van der Waals surface area (Å²) in [5, 5.41) is 0. The number of hydrogen-bond acceptors (Lipinski definition) is 3. The van der Waals surface area contributed by atoms with Crippen molar-refractivity contribution in [2.75, 3.05) is 13.1 Å². The van der Waals surface area contributed by atoms with Crippen LogP contribution < -0.4 is 0 Å². The van der Waals surface area contributed by atoms with E-state index in [2.05, 4.69) is 0 Å². The summed E-state index contributed by atoms with van der Waals surface area (Å²) in [6.45, 7) is 2.06. The van der Waals surface area contributed by atoms with Gasteiger partial charge in [-0.15, -0.1) is 0 Å². The minimum absolute atomic E-state index is 0. The molecule has 2 aliphatic rings. The first-order chi connectivity index (χ1) is 11.2. The molecular weight excluding hydrogens is 322 g/mol. The number of hydrogen-bond donors (Lipinski definition) is 0. The summed E-state index contributed by atoms with van der Waals surface area (Å²) < 4.78 is 5.23. The molecule has 1 aliphatic heterocycles. The summed E-state index contributed by atoms with van der Waals surface area (Å²) in [6.07, 6.45) is 5.57. The number of carbonyl (C=O) groups excluding carboxylic acids is 2. The zero-order valence-electron chi connectivity index (χ0n) is 14.6. The maximum absolute atomic E-state index is 12.3. The van der Waals surface area contributed by atoms with Crippen LogP contribution in [-0.4, -0.2) is 40.8 Å². The summed E-state index contributed by atoms with van der Waals surface area (Å²) in [5.74, 6) is 1.20. The first kappa shape index (κ1) is 21.1. The lowest BCUT2D eigenvalue weighted by molar-refractivity contribution is -0.147. The Morgan fingerprint density at radius 3 is 2.16 bits per heavy atom. The Morgan fingerprint density at radius 2 is 1.56 bits per heavy atom. The SMILES string of the molecule is O.O.O=C(CCC(=O)N1C[C@H]2CCCC[C@H]2C1)OCc1ccccc1. The Kier molecular flexibility index (Phi) is 8.58. The molecule has 4 N–H and O–H groups in total. The molecule has 0 radical (unpaired) electrons. The predicted octanol–water partition coefficient (Wildman–Crippen LogP) is 1.51. The van der Waals surface area contributed by atoms with Gasteiger partial charge >= 0.3 is 5.97 Å². The van der Waals surface area contributed by atoms with E-state index in [1.54, 1.807) is 0 Å². The monoisotopic (exact) mass is 351 g/mol. The number of benzene rings is 1. The summed E-state index contributed by atoms with van der Waals surface area (Å²) in [7, 11) is 0. The molecule has 1 aromatic rings. The zero-order chi connectivity index (χ0) is 16.1. The van der Waals surface area contributed by atoms with Crippen LogP contribution in [0, 0.1) is 11.8 Å². The van der Waals surface area contributed by atoms with Crippen molar-refractivity contribution in [1.82, 2.24) is 4.90 Å². The van der Waals surface area contributed by atoms with Crippen LogP contribution >= 0.6 is 0 Å². The number of ether oxygens (including phenoxy) is 1. The van der Waals surface area contributed by atoms with Crippen molar-refractivity contribution in [2.45, 2.75) is 45.1 Å². The maximum Gasteiger partial charge on any atom is 0.306 e. The van der Waals surface area contributed by atoms with Crippen molar-refractivity contribution < 1.29 is 25.3 Å².